The van der Waals surface area contributed by atoms with Crippen molar-refractivity contribution in [3.8, 4) is 0 Å². The molecule has 2 aromatic rings. The number of nitrogens with zero attached hydrogens (tertiary/aromatic N) is 2. The van der Waals surface area contributed by atoms with Crippen LogP contribution in [0.15, 0.2) is 48.5 Å². The maximum Gasteiger partial charge on any atom is 0.254 e. The van der Waals surface area contributed by atoms with Gasteiger partial charge in [0.15, 0.2) is 0 Å². The second-order valence-corrected chi connectivity index (χ2v) is 8.77. The molecule has 0 aromatic heterocycles. The molecule has 3 rings (SSSR count). The first-order chi connectivity index (χ1) is 15.3. The molecule has 1 N–H and O–H groups in total. The van der Waals surface area contributed by atoms with E-state index in [2.05, 4.69) is 31.0 Å². The normalized spacial score (nSPS) is 18.5. The van der Waals surface area contributed by atoms with E-state index < -0.39 is 0 Å². The highest BCUT2D eigenvalue weighted by Gasteiger charge is 2.26. The zero-order chi connectivity index (χ0) is 23.3. The molecule has 2 unspecified atom stereocenters. The molecular weight excluding hydrogens is 402 g/mol. The van der Waals surface area contributed by atoms with E-state index in [1.807, 2.05) is 67.3 Å². The quantitative estimate of drug-likeness (QED) is 0.708. The zero-order valence-electron chi connectivity index (χ0n) is 19.8. The lowest BCUT2D eigenvalue weighted by Crippen LogP contribution is -2.48. The number of nitrogens with one attached hydrogen (secondary N) is 1. The van der Waals surface area contributed by atoms with Gasteiger partial charge < -0.3 is 19.9 Å². The van der Waals surface area contributed by atoms with Crippen molar-refractivity contribution in [1.82, 2.24) is 10.2 Å². The minimum atomic E-state index is -0.111. The summed E-state index contributed by atoms with van der Waals surface area (Å²) in [5.41, 5.74) is 3.36. The first-order valence-electron chi connectivity index (χ1n) is 11.5. The Kier molecular flexibility index (Phi) is 7.91. The molecule has 2 atom stereocenters. The van der Waals surface area contributed by atoms with Crippen LogP contribution < -0.4 is 10.2 Å². The van der Waals surface area contributed by atoms with Gasteiger partial charge in [-0.3, -0.25) is 9.59 Å². The molecule has 0 aliphatic carbocycles. The van der Waals surface area contributed by atoms with Gasteiger partial charge in [0, 0.05) is 49.0 Å². The Hall–Kier alpha value is -2.86. The third kappa shape index (κ3) is 5.88. The fraction of sp³-hybridized carbons (Fsp3) is 0.462. The molecule has 1 saturated heterocycles. The third-order valence-corrected chi connectivity index (χ3v) is 5.79. The topological polar surface area (TPSA) is 61.9 Å². The van der Waals surface area contributed by atoms with Crippen LogP contribution in [0.5, 0.6) is 0 Å². The SMILES string of the molecule is CCN(c1ccc(C(=O)NCc2ccc(C(=O)N3CC(C)OC(C)C3)cc2)cc1)C(C)C. The fourth-order valence-electron chi connectivity index (χ4n) is 4.23. The second-order valence-electron chi connectivity index (χ2n) is 8.77. The average Bonchev–Trinajstić information content (AvgIpc) is 2.77. The summed E-state index contributed by atoms with van der Waals surface area (Å²) in [5.74, 6) is -0.0919. The maximum atomic E-state index is 12.8. The smallest absolute Gasteiger partial charge is 0.254 e. The fourth-order valence-corrected chi connectivity index (χ4v) is 4.23. The van der Waals surface area contributed by atoms with Crippen molar-refractivity contribution in [2.45, 2.75) is 59.4 Å². The van der Waals surface area contributed by atoms with Crippen LogP contribution in [0.2, 0.25) is 0 Å². The van der Waals surface area contributed by atoms with Gasteiger partial charge in [-0.1, -0.05) is 12.1 Å². The summed E-state index contributed by atoms with van der Waals surface area (Å²) in [6.07, 6.45) is 0.0864. The van der Waals surface area contributed by atoms with E-state index >= 15 is 0 Å². The van der Waals surface area contributed by atoms with Crippen LogP contribution in [0.1, 0.15) is 60.9 Å². The molecule has 0 saturated carbocycles. The summed E-state index contributed by atoms with van der Waals surface area (Å²) >= 11 is 0. The first kappa shape index (κ1) is 23.8. The Morgan fingerprint density at radius 1 is 1.00 bits per heavy atom. The monoisotopic (exact) mass is 437 g/mol. The standard InChI is InChI=1S/C26H35N3O3/c1-6-29(18(2)3)24-13-11-22(12-14-24)25(30)27-15-21-7-9-23(10-8-21)26(31)28-16-19(4)32-20(5)17-28/h7-14,18-20H,6,15-17H2,1-5H3,(H,27,30). The van der Waals surface area contributed by atoms with Gasteiger partial charge >= 0.3 is 0 Å². The molecule has 0 bridgehead atoms. The van der Waals surface area contributed by atoms with E-state index in [4.69, 9.17) is 4.74 Å². The van der Waals surface area contributed by atoms with E-state index in [-0.39, 0.29) is 24.0 Å². The van der Waals surface area contributed by atoms with Gasteiger partial charge in [-0.2, -0.15) is 0 Å². The molecule has 1 fully saturated rings. The molecule has 2 amide bonds. The van der Waals surface area contributed by atoms with Crippen LogP contribution in [0.25, 0.3) is 0 Å². The zero-order valence-corrected chi connectivity index (χ0v) is 19.8. The average molecular weight is 438 g/mol. The summed E-state index contributed by atoms with van der Waals surface area (Å²) in [6, 6.07) is 15.6. The number of benzene rings is 2. The van der Waals surface area contributed by atoms with Crippen LogP contribution in [-0.2, 0) is 11.3 Å². The predicted molar refractivity (Wildman–Crippen MR) is 128 cm³/mol. The van der Waals surface area contributed by atoms with Gasteiger partial charge in [0.25, 0.3) is 11.8 Å². The van der Waals surface area contributed by atoms with Crippen molar-refractivity contribution in [2.24, 2.45) is 0 Å². The number of hydrogen-bond donors (Lipinski definition) is 1. The first-order valence-corrected chi connectivity index (χ1v) is 11.5. The molecule has 1 aliphatic rings. The Morgan fingerprint density at radius 3 is 2.09 bits per heavy atom. The van der Waals surface area contributed by atoms with Crippen LogP contribution >= 0.6 is 0 Å². The number of hydrogen-bond acceptors (Lipinski definition) is 4. The highest BCUT2D eigenvalue weighted by atomic mass is 16.5. The van der Waals surface area contributed by atoms with Gasteiger partial charge in [-0.15, -0.1) is 0 Å². The Balaban J connectivity index is 1.56. The lowest BCUT2D eigenvalue weighted by atomic mass is 10.1. The van der Waals surface area contributed by atoms with E-state index in [0.29, 0.717) is 36.8 Å². The van der Waals surface area contributed by atoms with Crippen LogP contribution in [0, 0.1) is 0 Å². The molecule has 0 spiro atoms. The molecule has 0 radical (unpaired) electrons. The lowest BCUT2D eigenvalue weighted by molar-refractivity contribution is -0.0586. The third-order valence-electron chi connectivity index (χ3n) is 5.79. The van der Waals surface area contributed by atoms with Crippen LogP contribution in [-0.4, -0.2) is 54.6 Å². The molecule has 32 heavy (non-hydrogen) atoms. The number of morpholine rings is 1. The van der Waals surface area contributed by atoms with Crippen molar-refractivity contribution in [2.75, 3.05) is 24.5 Å². The van der Waals surface area contributed by atoms with E-state index in [1.54, 1.807) is 0 Å². The molecule has 1 aliphatic heterocycles. The highest BCUT2D eigenvalue weighted by Crippen LogP contribution is 2.18. The number of anilines is 1. The Bertz CT molecular complexity index is 899. The number of carbonyl (C=O) groups excluding carboxylic acids is 2. The minimum Gasteiger partial charge on any atom is -0.372 e. The molecule has 1 heterocycles. The minimum absolute atomic E-state index is 0.0187. The van der Waals surface area contributed by atoms with E-state index in [9.17, 15) is 9.59 Å². The van der Waals surface area contributed by atoms with Crippen molar-refractivity contribution in [3.63, 3.8) is 0 Å². The molecular formula is C26H35N3O3. The van der Waals surface area contributed by atoms with Crippen molar-refractivity contribution in [3.05, 3.63) is 65.2 Å². The maximum absolute atomic E-state index is 12.8. The number of carbonyl (C=O) groups is 2. The van der Waals surface area contributed by atoms with Gasteiger partial charge in [0.05, 0.1) is 12.2 Å². The molecule has 6 nitrogen and oxygen atoms in total. The van der Waals surface area contributed by atoms with Gasteiger partial charge in [0.1, 0.15) is 0 Å². The predicted octanol–water partition coefficient (Wildman–Crippen LogP) is 4.10. The van der Waals surface area contributed by atoms with E-state index in [1.165, 1.54) is 0 Å². The molecule has 2 aromatic carbocycles. The molecule has 6 heteroatoms. The number of ether oxygens (including phenoxy) is 1. The van der Waals surface area contributed by atoms with Gasteiger partial charge in [0.2, 0.25) is 0 Å². The summed E-state index contributed by atoms with van der Waals surface area (Å²) in [7, 11) is 0. The highest BCUT2D eigenvalue weighted by molar-refractivity contribution is 5.95. The number of rotatable bonds is 7. The summed E-state index contributed by atoms with van der Waals surface area (Å²) in [6.45, 7) is 13.0. The molecule has 172 valence electrons. The van der Waals surface area contributed by atoms with Crippen LogP contribution in [0.4, 0.5) is 5.69 Å². The largest absolute Gasteiger partial charge is 0.372 e. The Morgan fingerprint density at radius 2 is 1.56 bits per heavy atom. The summed E-state index contributed by atoms with van der Waals surface area (Å²) in [4.78, 5) is 29.5. The lowest BCUT2D eigenvalue weighted by Gasteiger charge is -2.35. The van der Waals surface area contributed by atoms with E-state index in [0.717, 1.165) is 17.8 Å². The summed E-state index contributed by atoms with van der Waals surface area (Å²) in [5, 5.41) is 2.96. The summed E-state index contributed by atoms with van der Waals surface area (Å²) < 4.78 is 5.71. The van der Waals surface area contributed by atoms with Crippen LogP contribution in [0.3, 0.4) is 0 Å². The van der Waals surface area contributed by atoms with Gasteiger partial charge in [-0.25, -0.2) is 0 Å². The number of amides is 2. The van der Waals surface area contributed by atoms with Crippen molar-refractivity contribution < 1.29 is 14.3 Å². The Labute approximate surface area is 191 Å². The van der Waals surface area contributed by atoms with Gasteiger partial charge in [-0.05, 0) is 76.6 Å². The second kappa shape index (κ2) is 10.6. The van der Waals surface area contributed by atoms with Crippen molar-refractivity contribution in [1.29, 1.82) is 0 Å². The van der Waals surface area contributed by atoms with Crippen molar-refractivity contribution >= 4 is 17.5 Å².